The van der Waals surface area contributed by atoms with Crippen molar-refractivity contribution in [2.45, 2.75) is 12.6 Å². The van der Waals surface area contributed by atoms with Crippen molar-refractivity contribution in [2.75, 3.05) is 18.5 Å². The van der Waals surface area contributed by atoms with Crippen LogP contribution in [0.2, 0.25) is 5.02 Å². The summed E-state index contributed by atoms with van der Waals surface area (Å²) in [5, 5.41) is 9.30. The Morgan fingerprint density at radius 3 is 2.48 bits per heavy atom. The van der Waals surface area contributed by atoms with Crippen LogP contribution in [-0.2, 0) is 11.3 Å². The molecule has 0 radical (unpaired) electrons. The summed E-state index contributed by atoms with van der Waals surface area (Å²) in [5.41, 5.74) is 1.22. The van der Waals surface area contributed by atoms with E-state index < -0.39 is 5.95 Å². The Hall–Kier alpha value is -3.29. The van der Waals surface area contributed by atoms with Gasteiger partial charge in [0.25, 0.3) is 5.56 Å². The minimum Gasteiger partial charge on any atom is -0.377 e. The summed E-state index contributed by atoms with van der Waals surface area (Å²) < 4.78 is 21.5. The molecule has 1 saturated heterocycles. The molecule has 5 rings (SSSR count). The minimum absolute atomic E-state index is 0.137. The van der Waals surface area contributed by atoms with E-state index in [1.165, 1.54) is 4.68 Å². The van der Waals surface area contributed by atoms with Crippen molar-refractivity contribution in [1.82, 2.24) is 14.8 Å². The van der Waals surface area contributed by atoms with Gasteiger partial charge in [-0.2, -0.15) is 9.49 Å². The van der Waals surface area contributed by atoms with Gasteiger partial charge >= 0.3 is 0 Å². The molecule has 0 aliphatic carbocycles. The van der Waals surface area contributed by atoms with Gasteiger partial charge in [-0.1, -0.05) is 41.9 Å². The fraction of sp³-hybridized carbons (Fsp3) is 0.174. The van der Waals surface area contributed by atoms with E-state index in [0.717, 1.165) is 5.56 Å². The Kier molecular flexibility index (Phi) is 5.13. The molecule has 2 aromatic carbocycles. The Morgan fingerprint density at radius 1 is 1.06 bits per heavy atom. The number of rotatable bonds is 5. The molecule has 2 aromatic heterocycles. The maximum atomic E-state index is 15.0. The first kappa shape index (κ1) is 19.7. The fourth-order valence-corrected chi connectivity index (χ4v) is 3.65. The normalized spacial score (nSPS) is 13.9. The molecule has 1 aliphatic heterocycles. The molecule has 4 aromatic rings. The summed E-state index contributed by atoms with van der Waals surface area (Å²) in [7, 11) is 0. The van der Waals surface area contributed by atoms with Crippen LogP contribution in [0.1, 0.15) is 5.56 Å². The summed E-state index contributed by atoms with van der Waals surface area (Å²) in [6, 6.07) is 17.7. The number of benzene rings is 2. The molecule has 0 bridgehead atoms. The fourth-order valence-electron chi connectivity index (χ4n) is 3.52. The van der Waals surface area contributed by atoms with Crippen molar-refractivity contribution < 1.29 is 9.13 Å². The Bertz CT molecular complexity index is 1320. The number of pyridine rings is 1. The van der Waals surface area contributed by atoms with E-state index >= 15 is 4.39 Å². The summed E-state index contributed by atoms with van der Waals surface area (Å²) in [4.78, 5) is 17.1. The third-order valence-electron chi connectivity index (χ3n) is 5.21. The molecular formula is C23H18ClFN4O2. The number of fused-ring (bicyclic) bond motifs is 1. The first-order chi connectivity index (χ1) is 15.1. The van der Waals surface area contributed by atoms with Crippen molar-refractivity contribution in [1.29, 1.82) is 0 Å². The van der Waals surface area contributed by atoms with Crippen LogP contribution in [0.15, 0.2) is 65.5 Å². The highest BCUT2D eigenvalue weighted by atomic mass is 35.5. The lowest BCUT2D eigenvalue weighted by molar-refractivity contribution is 0.0209. The van der Waals surface area contributed by atoms with Gasteiger partial charge in [-0.15, -0.1) is 0 Å². The number of aromatic nitrogens is 3. The van der Waals surface area contributed by atoms with Gasteiger partial charge in [0.15, 0.2) is 0 Å². The van der Waals surface area contributed by atoms with Crippen LogP contribution in [0.3, 0.4) is 0 Å². The van der Waals surface area contributed by atoms with E-state index in [-0.39, 0.29) is 23.7 Å². The van der Waals surface area contributed by atoms with Gasteiger partial charge in [0.05, 0.1) is 36.8 Å². The van der Waals surface area contributed by atoms with E-state index in [0.29, 0.717) is 40.5 Å². The Labute approximate surface area is 182 Å². The SMILES string of the molecule is O=c1c2ccccc2c(-c2ccc(NC3COC3)nc2F)nn1Cc1ccc(Cl)cc1. The van der Waals surface area contributed by atoms with Crippen LogP contribution < -0.4 is 10.9 Å². The van der Waals surface area contributed by atoms with E-state index in [2.05, 4.69) is 15.4 Å². The number of ether oxygens (including phenoxy) is 1. The van der Waals surface area contributed by atoms with Crippen molar-refractivity contribution in [3.8, 4) is 11.3 Å². The van der Waals surface area contributed by atoms with E-state index in [4.69, 9.17) is 16.3 Å². The highest BCUT2D eigenvalue weighted by molar-refractivity contribution is 6.30. The highest BCUT2D eigenvalue weighted by Gasteiger charge is 2.20. The van der Waals surface area contributed by atoms with E-state index in [9.17, 15) is 4.79 Å². The van der Waals surface area contributed by atoms with Crippen molar-refractivity contribution in [3.05, 3.63) is 87.6 Å². The monoisotopic (exact) mass is 436 g/mol. The Balaban J connectivity index is 1.60. The lowest BCUT2D eigenvalue weighted by Gasteiger charge is -2.27. The first-order valence-corrected chi connectivity index (χ1v) is 10.2. The molecular weight excluding hydrogens is 419 g/mol. The van der Waals surface area contributed by atoms with Crippen molar-refractivity contribution in [2.24, 2.45) is 0 Å². The van der Waals surface area contributed by atoms with Crippen LogP contribution in [-0.4, -0.2) is 34.0 Å². The predicted molar refractivity (Wildman–Crippen MR) is 118 cm³/mol. The van der Waals surface area contributed by atoms with Crippen LogP contribution in [0, 0.1) is 5.95 Å². The maximum absolute atomic E-state index is 15.0. The van der Waals surface area contributed by atoms with E-state index in [1.54, 1.807) is 48.5 Å². The molecule has 8 heteroatoms. The first-order valence-electron chi connectivity index (χ1n) is 9.84. The average Bonchev–Trinajstić information content (AvgIpc) is 2.75. The lowest BCUT2D eigenvalue weighted by atomic mass is 10.1. The number of hydrogen-bond donors (Lipinski definition) is 1. The van der Waals surface area contributed by atoms with Crippen molar-refractivity contribution in [3.63, 3.8) is 0 Å². The number of nitrogens with zero attached hydrogens (tertiary/aromatic N) is 3. The lowest BCUT2D eigenvalue weighted by Crippen LogP contribution is -2.40. The van der Waals surface area contributed by atoms with Gasteiger partial charge in [0, 0.05) is 10.4 Å². The molecule has 1 fully saturated rings. The molecule has 0 amide bonds. The Morgan fingerprint density at radius 2 is 1.81 bits per heavy atom. The van der Waals surface area contributed by atoms with Gasteiger partial charge < -0.3 is 10.1 Å². The number of halogens is 2. The molecule has 31 heavy (non-hydrogen) atoms. The zero-order valence-electron chi connectivity index (χ0n) is 16.4. The zero-order chi connectivity index (χ0) is 21.4. The summed E-state index contributed by atoms with van der Waals surface area (Å²) in [6.07, 6.45) is 0. The largest absolute Gasteiger partial charge is 0.377 e. The average molecular weight is 437 g/mol. The highest BCUT2D eigenvalue weighted by Crippen LogP contribution is 2.27. The predicted octanol–water partition coefficient (Wildman–Crippen LogP) is 4.11. The van der Waals surface area contributed by atoms with Gasteiger partial charge in [0.1, 0.15) is 11.5 Å². The summed E-state index contributed by atoms with van der Waals surface area (Å²) >= 11 is 5.96. The van der Waals surface area contributed by atoms with Crippen LogP contribution >= 0.6 is 11.6 Å². The number of nitrogens with one attached hydrogen (secondary N) is 1. The zero-order valence-corrected chi connectivity index (χ0v) is 17.1. The molecule has 0 unspecified atom stereocenters. The smallest absolute Gasteiger partial charge is 0.274 e. The minimum atomic E-state index is -0.653. The van der Waals surface area contributed by atoms with Crippen LogP contribution in [0.5, 0.6) is 0 Å². The molecule has 3 heterocycles. The van der Waals surface area contributed by atoms with Gasteiger partial charge in [-0.05, 0) is 35.9 Å². The molecule has 156 valence electrons. The molecule has 6 nitrogen and oxygen atoms in total. The van der Waals surface area contributed by atoms with Gasteiger partial charge in [-0.3, -0.25) is 4.79 Å². The van der Waals surface area contributed by atoms with Crippen LogP contribution in [0.25, 0.3) is 22.0 Å². The van der Waals surface area contributed by atoms with Gasteiger partial charge in [-0.25, -0.2) is 9.67 Å². The quantitative estimate of drug-likeness (QED) is 0.477. The molecule has 0 spiro atoms. The third kappa shape index (κ3) is 3.89. The maximum Gasteiger partial charge on any atom is 0.274 e. The standard InChI is InChI=1S/C23H18ClFN4O2/c24-15-7-5-14(6-8-15)11-29-23(30)18-4-2-1-3-17(18)21(28-29)19-9-10-20(27-22(19)25)26-16-12-31-13-16/h1-10,16H,11-13H2,(H,26,27). The number of hydrogen-bond acceptors (Lipinski definition) is 5. The third-order valence-corrected chi connectivity index (χ3v) is 5.46. The summed E-state index contributed by atoms with van der Waals surface area (Å²) in [5.74, 6) is -0.215. The van der Waals surface area contributed by atoms with Crippen LogP contribution in [0.4, 0.5) is 10.2 Å². The molecule has 0 atom stereocenters. The van der Waals surface area contributed by atoms with E-state index in [1.807, 2.05) is 12.1 Å². The molecule has 0 saturated carbocycles. The topological polar surface area (TPSA) is 69.0 Å². The van der Waals surface area contributed by atoms with Crippen molar-refractivity contribution >= 4 is 28.2 Å². The molecule has 1 aliphatic rings. The second-order valence-corrected chi connectivity index (χ2v) is 7.83. The summed E-state index contributed by atoms with van der Waals surface area (Å²) in [6.45, 7) is 1.39. The number of anilines is 1. The second kappa shape index (κ2) is 8.09. The second-order valence-electron chi connectivity index (χ2n) is 7.40. The van der Waals surface area contributed by atoms with Gasteiger partial charge in [0.2, 0.25) is 5.95 Å². The molecule has 1 N–H and O–H groups in total.